The van der Waals surface area contributed by atoms with Crippen LogP contribution in [0, 0.1) is 6.92 Å². The number of aromatic carboxylic acids is 1. The summed E-state index contributed by atoms with van der Waals surface area (Å²) in [6.45, 7) is 2.85. The Morgan fingerprint density at radius 3 is 2.60 bits per heavy atom. The molecule has 6 nitrogen and oxygen atoms in total. The van der Waals surface area contributed by atoms with Gasteiger partial charge in [-0.15, -0.1) is 0 Å². The number of carboxylic acids is 1. The van der Waals surface area contributed by atoms with Crippen molar-refractivity contribution in [2.75, 3.05) is 25.6 Å². The number of ether oxygens (including phenoxy) is 2. The van der Waals surface area contributed by atoms with Gasteiger partial charge < -0.3 is 19.9 Å². The van der Waals surface area contributed by atoms with Crippen molar-refractivity contribution >= 4 is 17.6 Å². The Hall–Kier alpha value is -2.86. The highest BCUT2D eigenvalue weighted by Crippen LogP contribution is 2.21. The summed E-state index contributed by atoms with van der Waals surface area (Å²) in [7, 11) is 1.61. The van der Waals surface area contributed by atoms with E-state index in [-0.39, 0.29) is 17.9 Å². The number of amides is 1. The number of methoxy groups -OCH3 is 1. The maximum atomic E-state index is 12.2. The minimum Gasteiger partial charge on any atom is -0.491 e. The second kappa shape index (κ2) is 8.84. The first kappa shape index (κ1) is 18.5. The lowest BCUT2D eigenvalue weighted by atomic mass is 10.1. The molecule has 0 aromatic heterocycles. The van der Waals surface area contributed by atoms with Crippen LogP contribution in [0.1, 0.15) is 21.5 Å². The van der Waals surface area contributed by atoms with Crippen LogP contribution in [0.4, 0.5) is 5.69 Å². The van der Waals surface area contributed by atoms with Gasteiger partial charge in [0.15, 0.2) is 0 Å². The third kappa shape index (κ3) is 5.61. The fraction of sp³-hybridized carbons (Fsp3) is 0.263. The third-order valence-corrected chi connectivity index (χ3v) is 3.57. The molecule has 2 aromatic carbocycles. The molecule has 0 aliphatic heterocycles. The number of carbonyl (C=O) groups is 2. The molecule has 2 aromatic rings. The van der Waals surface area contributed by atoms with Crippen LogP contribution < -0.4 is 10.1 Å². The van der Waals surface area contributed by atoms with Gasteiger partial charge in [-0.3, -0.25) is 4.79 Å². The maximum absolute atomic E-state index is 12.2. The van der Waals surface area contributed by atoms with Crippen molar-refractivity contribution in [3.05, 3.63) is 59.2 Å². The number of hydrogen-bond donors (Lipinski definition) is 2. The van der Waals surface area contributed by atoms with Gasteiger partial charge in [0, 0.05) is 12.8 Å². The lowest BCUT2D eigenvalue weighted by Gasteiger charge is -2.11. The molecule has 2 N–H and O–H groups in total. The summed E-state index contributed by atoms with van der Waals surface area (Å²) in [5, 5.41) is 11.8. The predicted octanol–water partition coefficient (Wildman–Crippen LogP) is 2.90. The molecular formula is C19H21NO5. The highest BCUT2D eigenvalue weighted by molar-refractivity contribution is 5.93. The minimum absolute atomic E-state index is 0.104. The van der Waals surface area contributed by atoms with Gasteiger partial charge in [-0.2, -0.15) is 0 Å². The molecule has 0 saturated heterocycles. The van der Waals surface area contributed by atoms with Crippen molar-refractivity contribution < 1.29 is 24.2 Å². The molecule has 0 saturated carbocycles. The Labute approximate surface area is 146 Å². The molecule has 25 heavy (non-hydrogen) atoms. The summed E-state index contributed by atoms with van der Waals surface area (Å²) in [6, 6.07) is 11.8. The van der Waals surface area contributed by atoms with Gasteiger partial charge >= 0.3 is 5.97 Å². The fourth-order valence-electron chi connectivity index (χ4n) is 2.30. The molecule has 1 amide bonds. The molecule has 0 aliphatic rings. The first-order chi connectivity index (χ1) is 12.0. The smallest absolute Gasteiger partial charge is 0.335 e. The van der Waals surface area contributed by atoms with Gasteiger partial charge in [0.1, 0.15) is 12.4 Å². The van der Waals surface area contributed by atoms with Gasteiger partial charge in [0.05, 0.1) is 18.6 Å². The standard InChI is InChI=1S/C19H21NO5/c1-13-10-16(25-9-8-24-2)6-7-17(13)20-18(21)12-14-4-3-5-15(11-14)19(22)23/h3-7,10-11H,8-9,12H2,1-2H3,(H,20,21)(H,22,23). The normalized spacial score (nSPS) is 10.3. The van der Waals surface area contributed by atoms with E-state index in [0.717, 1.165) is 5.56 Å². The summed E-state index contributed by atoms with van der Waals surface area (Å²) in [5.74, 6) is -0.512. The lowest BCUT2D eigenvalue weighted by molar-refractivity contribution is -0.115. The van der Waals surface area contributed by atoms with Gasteiger partial charge in [-0.1, -0.05) is 12.1 Å². The molecule has 0 aliphatic carbocycles. The average Bonchev–Trinajstić information content (AvgIpc) is 2.57. The molecule has 2 rings (SSSR count). The number of anilines is 1. The van der Waals surface area contributed by atoms with Gasteiger partial charge in [-0.05, 0) is 48.4 Å². The number of hydrogen-bond acceptors (Lipinski definition) is 4. The highest BCUT2D eigenvalue weighted by atomic mass is 16.5. The van der Waals surface area contributed by atoms with E-state index in [9.17, 15) is 9.59 Å². The Kier molecular flexibility index (Phi) is 6.54. The van der Waals surface area contributed by atoms with Crippen LogP contribution in [0.2, 0.25) is 0 Å². The third-order valence-electron chi connectivity index (χ3n) is 3.57. The van der Waals surface area contributed by atoms with Crippen molar-refractivity contribution in [3.8, 4) is 5.75 Å². The van der Waals surface area contributed by atoms with Crippen molar-refractivity contribution in [1.29, 1.82) is 0 Å². The van der Waals surface area contributed by atoms with Crippen LogP contribution in [0.5, 0.6) is 5.75 Å². The van der Waals surface area contributed by atoms with Gasteiger partial charge in [0.25, 0.3) is 0 Å². The largest absolute Gasteiger partial charge is 0.491 e. The average molecular weight is 343 g/mol. The Bertz CT molecular complexity index is 757. The molecule has 132 valence electrons. The number of carbonyl (C=O) groups excluding carboxylic acids is 1. The summed E-state index contributed by atoms with van der Waals surface area (Å²) >= 11 is 0. The van der Waals surface area contributed by atoms with E-state index in [0.29, 0.717) is 30.2 Å². The number of carboxylic acid groups (broad SMARTS) is 1. The van der Waals surface area contributed by atoms with E-state index < -0.39 is 5.97 Å². The van der Waals surface area contributed by atoms with Gasteiger partial charge in [-0.25, -0.2) is 4.79 Å². The Balaban J connectivity index is 1.98. The van der Waals surface area contributed by atoms with Crippen LogP contribution in [-0.4, -0.2) is 37.3 Å². The molecule has 0 heterocycles. The molecule has 0 unspecified atom stereocenters. The van der Waals surface area contributed by atoms with Crippen molar-refractivity contribution in [1.82, 2.24) is 0 Å². The summed E-state index contributed by atoms with van der Waals surface area (Å²) in [5.41, 5.74) is 2.38. The van der Waals surface area contributed by atoms with Crippen LogP contribution in [0.25, 0.3) is 0 Å². The van der Waals surface area contributed by atoms with Crippen LogP contribution in [-0.2, 0) is 16.0 Å². The topological polar surface area (TPSA) is 84.9 Å². The second-order valence-electron chi connectivity index (χ2n) is 5.55. The fourth-order valence-corrected chi connectivity index (χ4v) is 2.30. The highest BCUT2D eigenvalue weighted by Gasteiger charge is 2.09. The van der Waals surface area contributed by atoms with Crippen molar-refractivity contribution in [2.24, 2.45) is 0 Å². The quantitative estimate of drug-likeness (QED) is 0.720. The number of benzene rings is 2. The zero-order valence-electron chi connectivity index (χ0n) is 14.2. The second-order valence-corrected chi connectivity index (χ2v) is 5.55. The Morgan fingerprint density at radius 1 is 1.12 bits per heavy atom. The van der Waals surface area contributed by atoms with E-state index in [1.54, 1.807) is 31.4 Å². The maximum Gasteiger partial charge on any atom is 0.335 e. The summed E-state index contributed by atoms with van der Waals surface area (Å²) in [6.07, 6.45) is 0.104. The number of nitrogens with one attached hydrogen (secondary N) is 1. The van der Waals surface area contributed by atoms with Crippen molar-refractivity contribution in [3.63, 3.8) is 0 Å². The first-order valence-corrected chi connectivity index (χ1v) is 7.84. The van der Waals surface area contributed by atoms with E-state index in [4.69, 9.17) is 14.6 Å². The summed E-state index contributed by atoms with van der Waals surface area (Å²) < 4.78 is 10.5. The number of rotatable bonds is 8. The molecule has 0 bridgehead atoms. The predicted molar refractivity (Wildman–Crippen MR) is 94.3 cm³/mol. The lowest BCUT2D eigenvalue weighted by Crippen LogP contribution is -2.15. The molecule has 0 fully saturated rings. The van der Waals surface area contributed by atoms with E-state index in [1.165, 1.54) is 12.1 Å². The zero-order valence-corrected chi connectivity index (χ0v) is 14.2. The summed E-state index contributed by atoms with van der Waals surface area (Å²) in [4.78, 5) is 23.2. The first-order valence-electron chi connectivity index (χ1n) is 7.84. The minimum atomic E-state index is -1.01. The van der Waals surface area contributed by atoms with Crippen LogP contribution in [0.3, 0.4) is 0 Å². The Morgan fingerprint density at radius 2 is 1.92 bits per heavy atom. The van der Waals surface area contributed by atoms with Crippen molar-refractivity contribution in [2.45, 2.75) is 13.3 Å². The van der Waals surface area contributed by atoms with Gasteiger partial charge in [0.2, 0.25) is 5.91 Å². The van der Waals surface area contributed by atoms with E-state index in [2.05, 4.69) is 5.32 Å². The number of aryl methyl sites for hydroxylation is 1. The molecule has 0 atom stereocenters. The zero-order chi connectivity index (χ0) is 18.2. The SMILES string of the molecule is COCCOc1ccc(NC(=O)Cc2cccc(C(=O)O)c2)c(C)c1. The van der Waals surface area contributed by atoms with Crippen LogP contribution >= 0.6 is 0 Å². The van der Waals surface area contributed by atoms with Crippen LogP contribution in [0.15, 0.2) is 42.5 Å². The molecule has 6 heteroatoms. The molecule has 0 spiro atoms. The molecule has 0 radical (unpaired) electrons. The van der Waals surface area contributed by atoms with E-state index in [1.807, 2.05) is 13.0 Å². The van der Waals surface area contributed by atoms with E-state index >= 15 is 0 Å². The monoisotopic (exact) mass is 343 g/mol. The molecular weight excluding hydrogens is 322 g/mol.